The second kappa shape index (κ2) is 8.73. The van der Waals surface area contributed by atoms with Gasteiger partial charge in [-0.25, -0.2) is 0 Å². The topological polar surface area (TPSA) is 92.9 Å². The van der Waals surface area contributed by atoms with Crippen molar-refractivity contribution < 1.29 is 19.1 Å². The Morgan fingerprint density at radius 2 is 2.00 bits per heavy atom. The highest BCUT2D eigenvalue weighted by Gasteiger charge is 2.28. The molecule has 7 nitrogen and oxygen atoms in total. The smallest absolute Gasteiger partial charge is 0.319 e. The molecule has 0 aromatic carbocycles. The van der Waals surface area contributed by atoms with Crippen molar-refractivity contribution in [2.45, 2.75) is 26.7 Å². The Labute approximate surface area is 131 Å². The Kier molecular flexibility index (Phi) is 7.31. The van der Waals surface area contributed by atoms with Gasteiger partial charge in [-0.05, 0) is 18.8 Å². The van der Waals surface area contributed by atoms with E-state index in [0.717, 1.165) is 12.8 Å². The fourth-order valence-corrected chi connectivity index (χ4v) is 2.68. The molecule has 2 N–H and O–H groups in total. The molecule has 1 aliphatic rings. The van der Waals surface area contributed by atoms with Crippen LogP contribution in [0.5, 0.6) is 0 Å². The summed E-state index contributed by atoms with van der Waals surface area (Å²) in [5.74, 6) is -0.724. The summed E-state index contributed by atoms with van der Waals surface area (Å²) in [5, 5.41) is 0. The average Bonchev–Trinajstić information content (AvgIpc) is 2.46. The van der Waals surface area contributed by atoms with E-state index < -0.39 is 0 Å². The predicted octanol–water partition coefficient (Wildman–Crippen LogP) is -0.159. The van der Waals surface area contributed by atoms with Gasteiger partial charge in [0.2, 0.25) is 11.8 Å². The third-order valence-electron chi connectivity index (χ3n) is 3.74. The van der Waals surface area contributed by atoms with Crippen LogP contribution in [0.15, 0.2) is 0 Å². The zero-order valence-electron chi connectivity index (χ0n) is 13.7. The van der Waals surface area contributed by atoms with Gasteiger partial charge in [0.25, 0.3) is 0 Å². The van der Waals surface area contributed by atoms with Crippen LogP contribution in [0.2, 0.25) is 0 Å². The van der Waals surface area contributed by atoms with E-state index in [1.54, 1.807) is 9.80 Å². The number of ether oxygens (including phenoxy) is 1. The number of methoxy groups -OCH3 is 1. The van der Waals surface area contributed by atoms with Crippen LogP contribution in [-0.2, 0) is 19.1 Å². The van der Waals surface area contributed by atoms with Gasteiger partial charge in [0, 0.05) is 19.6 Å². The molecule has 0 saturated carbocycles. The quantitative estimate of drug-likeness (QED) is 0.659. The first kappa shape index (κ1) is 18.4. The summed E-state index contributed by atoms with van der Waals surface area (Å²) >= 11 is 0. The lowest BCUT2D eigenvalue weighted by molar-refractivity contribution is -0.143. The maximum Gasteiger partial charge on any atom is 0.319 e. The Hall–Kier alpha value is -1.63. The largest absolute Gasteiger partial charge is 0.468 e. The highest BCUT2D eigenvalue weighted by molar-refractivity contribution is 5.81. The van der Waals surface area contributed by atoms with Crippen LogP contribution in [0, 0.1) is 11.8 Å². The minimum atomic E-state index is -0.359. The summed E-state index contributed by atoms with van der Waals surface area (Å²) in [6, 6.07) is 0. The number of carbonyl (C=O) groups is 3. The van der Waals surface area contributed by atoms with E-state index in [4.69, 9.17) is 5.73 Å². The third kappa shape index (κ3) is 6.01. The van der Waals surface area contributed by atoms with E-state index in [-0.39, 0.29) is 36.8 Å². The van der Waals surface area contributed by atoms with Crippen molar-refractivity contribution in [3.8, 4) is 0 Å². The Morgan fingerprint density at radius 3 is 2.55 bits per heavy atom. The van der Waals surface area contributed by atoms with E-state index >= 15 is 0 Å². The molecule has 0 aromatic heterocycles. The number of nitrogens with two attached hydrogens (primary N) is 1. The van der Waals surface area contributed by atoms with E-state index in [2.05, 4.69) is 4.74 Å². The number of amides is 2. The van der Waals surface area contributed by atoms with Crippen molar-refractivity contribution in [3.05, 3.63) is 0 Å². The normalized spacial score (nSPS) is 18.6. The second-order valence-electron chi connectivity index (χ2n) is 6.22. The maximum atomic E-state index is 12.4. The molecule has 0 spiro atoms. The second-order valence-corrected chi connectivity index (χ2v) is 6.22. The first-order valence-electron chi connectivity index (χ1n) is 7.69. The molecule has 1 fully saturated rings. The maximum absolute atomic E-state index is 12.4. The molecule has 2 amide bonds. The van der Waals surface area contributed by atoms with Crippen LogP contribution in [-0.4, -0.2) is 67.4 Å². The first-order chi connectivity index (χ1) is 10.3. The molecule has 1 aliphatic heterocycles. The van der Waals surface area contributed by atoms with Crippen LogP contribution < -0.4 is 5.73 Å². The van der Waals surface area contributed by atoms with Gasteiger partial charge in [0.1, 0.15) is 0 Å². The van der Waals surface area contributed by atoms with E-state index in [1.165, 1.54) is 7.11 Å². The first-order valence-corrected chi connectivity index (χ1v) is 7.69. The molecule has 1 heterocycles. The molecular formula is C15H27N3O4. The molecule has 7 heteroatoms. The molecule has 126 valence electrons. The summed E-state index contributed by atoms with van der Waals surface area (Å²) in [6.07, 6.45) is 1.51. The van der Waals surface area contributed by atoms with Crippen molar-refractivity contribution in [1.82, 2.24) is 9.80 Å². The molecule has 0 radical (unpaired) electrons. The number of primary amides is 1. The van der Waals surface area contributed by atoms with Crippen molar-refractivity contribution in [2.75, 3.05) is 39.8 Å². The number of esters is 1. The van der Waals surface area contributed by atoms with Gasteiger partial charge in [0.05, 0.1) is 26.1 Å². The van der Waals surface area contributed by atoms with Gasteiger partial charge in [0.15, 0.2) is 0 Å². The zero-order valence-corrected chi connectivity index (χ0v) is 13.7. The van der Waals surface area contributed by atoms with Gasteiger partial charge in [-0.3, -0.25) is 19.3 Å². The third-order valence-corrected chi connectivity index (χ3v) is 3.74. The molecule has 0 unspecified atom stereocenters. The number of carbonyl (C=O) groups excluding carboxylic acids is 3. The molecule has 1 atom stereocenters. The van der Waals surface area contributed by atoms with Crippen molar-refractivity contribution >= 4 is 17.8 Å². The van der Waals surface area contributed by atoms with E-state index in [9.17, 15) is 14.4 Å². The number of hydrogen-bond acceptors (Lipinski definition) is 5. The molecule has 1 saturated heterocycles. The summed E-state index contributed by atoms with van der Waals surface area (Å²) < 4.78 is 4.67. The van der Waals surface area contributed by atoms with E-state index in [0.29, 0.717) is 25.6 Å². The summed E-state index contributed by atoms with van der Waals surface area (Å²) in [4.78, 5) is 38.6. The summed E-state index contributed by atoms with van der Waals surface area (Å²) in [6.45, 7) is 5.94. The number of nitrogens with zero attached hydrogens (tertiary/aromatic N) is 2. The lowest BCUT2D eigenvalue weighted by Crippen LogP contribution is -2.48. The molecule has 0 aromatic rings. The predicted molar refractivity (Wildman–Crippen MR) is 81.8 cm³/mol. The number of likely N-dealkylation sites (tertiary alicyclic amines) is 1. The van der Waals surface area contributed by atoms with Crippen LogP contribution in [0.1, 0.15) is 26.7 Å². The molecule has 1 rings (SSSR count). The van der Waals surface area contributed by atoms with Crippen molar-refractivity contribution in [3.63, 3.8) is 0 Å². The molecular weight excluding hydrogens is 286 g/mol. The minimum absolute atomic E-state index is 0.0736. The monoisotopic (exact) mass is 313 g/mol. The Bertz CT molecular complexity index is 412. The summed E-state index contributed by atoms with van der Waals surface area (Å²) in [5.41, 5.74) is 5.33. The Balaban J connectivity index is 2.61. The Morgan fingerprint density at radius 1 is 1.32 bits per heavy atom. The minimum Gasteiger partial charge on any atom is -0.468 e. The van der Waals surface area contributed by atoms with Crippen LogP contribution in [0.25, 0.3) is 0 Å². The van der Waals surface area contributed by atoms with E-state index in [1.807, 2.05) is 13.8 Å². The van der Waals surface area contributed by atoms with Crippen molar-refractivity contribution in [1.29, 1.82) is 0 Å². The fourth-order valence-electron chi connectivity index (χ4n) is 2.68. The SMILES string of the molecule is COC(=O)CN(CC(=O)N1CCC[C@H](C(N)=O)C1)CC(C)C. The number of piperidine rings is 1. The fraction of sp³-hybridized carbons (Fsp3) is 0.800. The molecule has 0 aliphatic carbocycles. The van der Waals surface area contributed by atoms with Crippen LogP contribution in [0.4, 0.5) is 0 Å². The van der Waals surface area contributed by atoms with Crippen LogP contribution >= 0.6 is 0 Å². The number of hydrogen-bond donors (Lipinski definition) is 1. The molecule has 22 heavy (non-hydrogen) atoms. The lowest BCUT2D eigenvalue weighted by atomic mass is 9.97. The molecule has 0 bridgehead atoms. The summed E-state index contributed by atoms with van der Waals surface area (Å²) in [7, 11) is 1.33. The lowest BCUT2D eigenvalue weighted by Gasteiger charge is -2.33. The van der Waals surface area contributed by atoms with Gasteiger partial charge in [-0.2, -0.15) is 0 Å². The van der Waals surface area contributed by atoms with Gasteiger partial charge in [-0.1, -0.05) is 13.8 Å². The van der Waals surface area contributed by atoms with Gasteiger partial charge in [-0.15, -0.1) is 0 Å². The van der Waals surface area contributed by atoms with Crippen molar-refractivity contribution in [2.24, 2.45) is 17.6 Å². The van der Waals surface area contributed by atoms with Gasteiger partial charge < -0.3 is 15.4 Å². The van der Waals surface area contributed by atoms with Gasteiger partial charge >= 0.3 is 5.97 Å². The number of rotatable bonds is 7. The standard InChI is InChI=1S/C15H27N3O4/c1-11(2)7-17(10-14(20)22-3)9-13(19)18-6-4-5-12(8-18)15(16)21/h11-12H,4-10H2,1-3H3,(H2,16,21)/t12-/m0/s1. The highest BCUT2D eigenvalue weighted by Crippen LogP contribution is 2.16. The highest BCUT2D eigenvalue weighted by atomic mass is 16.5. The zero-order chi connectivity index (χ0) is 16.7. The average molecular weight is 313 g/mol. The van der Waals surface area contributed by atoms with Crippen LogP contribution in [0.3, 0.4) is 0 Å².